The Kier molecular flexibility index (Phi) is 12.4. The molecule has 2 unspecified atom stereocenters. The molecule has 0 spiro atoms. The number of ether oxygens (including phenoxy) is 1. The van der Waals surface area contributed by atoms with Crippen LogP contribution in [0.2, 0.25) is 0 Å². The van der Waals surface area contributed by atoms with E-state index in [1.165, 1.54) is 87.3 Å². The Morgan fingerprint density at radius 3 is 1.90 bits per heavy atom. The van der Waals surface area contributed by atoms with Crippen LogP contribution in [0.3, 0.4) is 0 Å². The summed E-state index contributed by atoms with van der Waals surface area (Å²) in [7, 11) is 0. The predicted molar refractivity (Wildman–Crippen MR) is 168 cm³/mol. The minimum absolute atomic E-state index is 0.0487. The maximum atomic E-state index is 12.7. The van der Waals surface area contributed by atoms with Crippen LogP contribution in [0.1, 0.15) is 127 Å². The molecule has 40 heavy (non-hydrogen) atoms. The largest absolute Gasteiger partial charge is 0.466 e. The van der Waals surface area contributed by atoms with Crippen molar-refractivity contribution in [3.63, 3.8) is 0 Å². The number of hydrogen-bond acceptors (Lipinski definition) is 2. The Balaban J connectivity index is 1.37. The quantitative estimate of drug-likeness (QED) is 0.106. The lowest BCUT2D eigenvalue weighted by molar-refractivity contribution is -0.143. The summed E-state index contributed by atoms with van der Waals surface area (Å²) >= 11 is 0. The molecule has 2 saturated carbocycles. The average Bonchev–Trinajstić information content (AvgIpc) is 3.32. The number of benzene rings is 2. The Morgan fingerprint density at radius 1 is 0.775 bits per heavy atom. The van der Waals surface area contributed by atoms with Crippen LogP contribution in [0.4, 0.5) is 0 Å². The number of rotatable bonds is 18. The van der Waals surface area contributed by atoms with Gasteiger partial charge in [-0.05, 0) is 73.8 Å². The lowest BCUT2D eigenvalue weighted by Gasteiger charge is -2.40. The van der Waals surface area contributed by atoms with E-state index in [1.807, 2.05) is 0 Å². The fourth-order valence-electron chi connectivity index (χ4n) is 7.81. The van der Waals surface area contributed by atoms with Crippen molar-refractivity contribution >= 4 is 5.97 Å². The molecule has 0 aromatic heterocycles. The first-order chi connectivity index (χ1) is 19.6. The maximum absolute atomic E-state index is 12.7. The molecule has 0 saturated heterocycles. The van der Waals surface area contributed by atoms with Crippen LogP contribution in [0.5, 0.6) is 0 Å². The van der Waals surface area contributed by atoms with Crippen molar-refractivity contribution < 1.29 is 9.53 Å². The number of unbranched alkanes of at least 4 members (excludes halogenated alkanes) is 7. The summed E-state index contributed by atoms with van der Waals surface area (Å²) < 4.78 is 5.66. The van der Waals surface area contributed by atoms with Gasteiger partial charge in [-0.2, -0.15) is 0 Å². The lowest BCUT2D eigenvalue weighted by atomic mass is 9.63. The average molecular weight is 543 g/mol. The smallest absolute Gasteiger partial charge is 0.305 e. The minimum atomic E-state index is -0.281. The van der Waals surface area contributed by atoms with E-state index in [2.05, 4.69) is 67.6 Å². The zero-order valence-electron chi connectivity index (χ0n) is 25.3. The van der Waals surface area contributed by atoms with E-state index < -0.39 is 0 Å². The lowest BCUT2D eigenvalue weighted by Crippen LogP contribution is -2.32. The van der Waals surface area contributed by atoms with E-state index in [-0.39, 0.29) is 11.4 Å². The first-order valence-electron chi connectivity index (χ1n) is 16.6. The highest BCUT2D eigenvalue weighted by Crippen LogP contribution is 2.50. The minimum Gasteiger partial charge on any atom is -0.466 e. The van der Waals surface area contributed by atoms with Gasteiger partial charge in [0.15, 0.2) is 0 Å². The van der Waals surface area contributed by atoms with Gasteiger partial charge in [0, 0.05) is 11.8 Å². The molecular weight excluding hydrogens is 488 g/mol. The highest BCUT2D eigenvalue weighted by molar-refractivity contribution is 5.69. The van der Waals surface area contributed by atoms with Gasteiger partial charge in [0.25, 0.3) is 0 Å². The highest BCUT2D eigenvalue weighted by Gasteiger charge is 2.40. The molecule has 2 nitrogen and oxygen atoms in total. The maximum Gasteiger partial charge on any atom is 0.305 e. The zero-order chi connectivity index (χ0) is 28.0. The second-order valence-corrected chi connectivity index (χ2v) is 12.9. The summed E-state index contributed by atoms with van der Waals surface area (Å²) in [4.78, 5) is 12.7. The zero-order valence-corrected chi connectivity index (χ0v) is 25.3. The van der Waals surface area contributed by atoms with Crippen LogP contribution < -0.4 is 0 Å². The van der Waals surface area contributed by atoms with Crippen LogP contribution in [0.15, 0.2) is 72.8 Å². The molecule has 0 aliphatic heterocycles. The monoisotopic (exact) mass is 542 g/mol. The SMILES string of the molecule is C=C(CC1CC2CCC(C2)C1)C(CCCC(=O)OCCCCCCCCCC)(c1ccccc1)c1ccccc1. The third-order valence-corrected chi connectivity index (χ3v) is 9.85. The summed E-state index contributed by atoms with van der Waals surface area (Å²) in [6.07, 6.45) is 20.3. The van der Waals surface area contributed by atoms with Gasteiger partial charge in [-0.25, -0.2) is 0 Å². The molecule has 2 aromatic rings. The number of esters is 1. The normalized spacial score (nSPS) is 20.4. The van der Waals surface area contributed by atoms with Crippen molar-refractivity contribution in [3.8, 4) is 0 Å². The van der Waals surface area contributed by atoms with E-state index >= 15 is 0 Å². The van der Waals surface area contributed by atoms with Crippen molar-refractivity contribution in [2.45, 2.75) is 121 Å². The van der Waals surface area contributed by atoms with Crippen molar-refractivity contribution in [2.75, 3.05) is 6.61 Å². The third-order valence-electron chi connectivity index (χ3n) is 9.85. The molecule has 218 valence electrons. The number of hydrogen-bond donors (Lipinski definition) is 0. The van der Waals surface area contributed by atoms with Gasteiger partial charge in [-0.3, -0.25) is 4.79 Å². The van der Waals surface area contributed by atoms with Crippen molar-refractivity contribution in [3.05, 3.63) is 83.9 Å². The number of carbonyl (C=O) groups is 1. The van der Waals surface area contributed by atoms with Crippen molar-refractivity contribution in [1.82, 2.24) is 0 Å². The molecule has 2 bridgehead atoms. The third kappa shape index (κ3) is 8.58. The van der Waals surface area contributed by atoms with Crippen LogP contribution in [0.25, 0.3) is 0 Å². The first kappa shape index (κ1) is 30.6. The molecule has 0 heterocycles. The number of carbonyl (C=O) groups excluding carboxylic acids is 1. The van der Waals surface area contributed by atoms with E-state index in [0.717, 1.165) is 49.9 Å². The number of fused-ring (bicyclic) bond motifs is 2. The van der Waals surface area contributed by atoms with Gasteiger partial charge in [0.05, 0.1) is 6.61 Å². The van der Waals surface area contributed by atoms with Gasteiger partial charge < -0.3 is 4.74 Å². The Labute approximate surface area is 245 Å². The first-order valence-corrected chi connectivity index (χ1v) is 16.6. The van der Waals surface area contributed by atoms with Crippen LogP contribution in [-0.2, 0) is 14.9 Å². The predicted octanol–water partition coefficient (Wildman–Crippen LogP) is 10.6. The van der Waals surface area contributed by atoms with Crippen molar-refractivity contribution in [2.24, 2.45) is 17.8 Å². The molecule has 0 radical (unpaired) electrons. The summed E-state index contributed by atoms with van der Waals surface area (Å²) in [5.41, 5.74) is 3.65. The van der Waals surface area contributed by atoms with Gasteiger partial charge in [0.2, 0.25) is 0 Å². The Morgan fingerprint density at radius 2 is 1.32 bits per heavy atom. The van der Waals surface area contributed by atoms with Gasteiger partial charge >= 0.3 is 5.97 Å². The summed E-state index contributed by atoms with van der Waals surface area (Å²) in [6, 6.07) is 21.9. The topological polar surface area (TPSA) is 26.3 Å². The second-order valence-electron chi connectivity index (χ2n) is 12.9. The Bertz CT molecular complexity index is 959. The molecular formula is C38H54O2. The van der Waals surface area contributed by atoms with Crippen molar-refractivity contribution in [1.29, 1.82) is 0 Å². The molecule has 2 atom stereocenters. The summed E-state index contributed by atoms with van der Waals surface area (Å²) in [6.45, 7) is 7.65. The molecule has 2 heteroatoms. The molecule has 0 amide bonds. The van der Waals surface area contributed by atoms with Crippen LogP contribution in [-0.4, -0.2) is 12.6 Å². The van der Waals surface area contributed by atoms with Gasteiger partial charge in [0.1, 0.15) is 0 Å². The second kappa shape index (κ2) is 16.2. The fraction of sp³-hybridized carbons (Fsp3) is 0.605. The molecule has 2 aliphatic carbocycles. The van der Waals surface area contributed by atoms with E-state index in [1.54, 1.807) is 0 Å². The van der Waals surface area contributed by atoms with E-state index in [4.69, 9.17) is 11.3 Å². The molecule has 4 rings (SSSR count). The fourth-order valence-corrected chi connectivity index (χ4v) is 7.81. The van der Waals surface area contributed by atoms with Gasteiger partial charge in [-0.15, -0.1) is 0 Å². The highest BCUT2D eigenvalue weighted by atomic mass is 16.5. The molecule has 2 aliphatic rings. The molecule has 0 N–H and O–H groups in total. The molecule has 2 fully saturated rings. The van der Waals surface area contributed by atoms with Crippen LogP contribution in [0, 0.1) is 17.8 Å². The Hall–Kier alpha value is -2.35. The summed E-state index contributed by atoms with van der Waals surface area (Å²) in [5, 5.41) is 0. The molecule has 2 aromatic carbocycles. The van der Waals surface area contributed by atoms with Crippen LogP contribution >= 0.6 is 0 Å². The standard InChI is InChI=1S/C38H54O2/c1-3-4-5-6-7-8-9-16-26-40-37(39)22-17-25-38(35-18-12-10-13-19-35,36-20-14-11-15-21-36)31(2)27-34-29-32-23-24-33(28-32)30-34/h10-15,18-21,32-34H,2-9,16-17,22-30H2,1H3. The van der Waals surface area contributed by atoms with E-state index in [9.17, 15) is 4.79 Å². The van der Waals surface area contributed by atoms with E-state index in [0.29, 0.717) is 13.0 Å². The number of allylic oxidation sites excluding steroid dienone is 1. The summed E-state index contributed by atoms with van der Waals surface area (Å²) in [5.74, 6) is 2.54. The van der Waals surface area contributed by atoms with Gasteiger partial charge in [-0.1, -0.05) is 138 Å².